The summed E-state index contributed by atoms with van der Waals surface area (Å²) in [7, 11) is -0.672. The van der Waals surface area contributed by atoms with Gasteiger partial charge in [-0.2, -0.15) is 4.31 Å². The zero-order valence-electron chi connectivity index (χ0n) is 21.8. The van der Waals surface area contributed by atoms with Crippen LogP contribution in [0.15, 0.2) is 41.3 Å². The number of fused-ring (bicyclic) bond motifs is 1. The highest BCUT2D eigenvalue weighted by molar-refractivity contribution is 7.89. The zero-order valence-corrected chi connectivity index (χ0v) is 23.4. The van der Waals surface area contributed by atoms with Crippen molar-refractivity contribution in [3.05, 3.63) is 53.1 Å². The van der Waals surface area contributed by atoms with Gasteiger partial charge >= 0.3 is 0 Å². The molecule has 2 aromatic carbocycles. The highest BCUT2D eigenvalue weighted by Crippen LogP contribution is 2.31. The van der Waals surface area contributed by atoms with Gasteiger partial charge in [0.15, 0.2) is 5.13 Å². The number of aryl methyl sites for hydroxylation is 2. The van der Waals surface area contributed by atoms with Crippen molar-refractivity contribution in [2.75, 3.05) is 71.6 Å². The van der Waals surface area contributed by atoms with Crippen molar-refractivity contribution in [3.8, 4) is 0 Å². The predicted molar refractivity (Wildman–Crippen MR) is 146 cm³/mol. The number of sulfonamides is 1. The topological polar surface area (TPSA) is 92.3 Å². The molecule has 1 fully saturated rings. The minimum Gasteiger partial charge on any atom is -0.383 e. The van der Waals surface area contributed by atoms with Crippen LogP contribution in [0.1, 0.15) is 21.5 Å². The fourth-order valence-electron chi connectivity index (χ4n) is 4.24. The van der Waals surface area contributed by atoms with Crippen LogP contribution in [0.5, 0.6) is 0 Å². The van der Waals surface area contributed by atoms with Crippen molar-refractivity contribution < 1.29 is 22.7 Å². The van der Waals surface area contributed by atoms with E-state index in [1.54, 1.807) is 23.5 Å². The summed E-state index contributed by atoms with van der Waals surface area (Å²) in [4.78, 5) is 22.1. The number of ether oxygens (including phenoxy) is 2. The Hall–Kier alpha value is -2.57. The first-order valence-electron chi connectivity index (χ1n) is 12.2. The van der Waals surface area contributed by atoms with Gasteiger partial charge in [-0.1, -0.05) is 11.3 Å². The fourth-order valence-corrected chi connectivity index (χ4v) is 6.75. The number of carbonyl (C=O) groups is 1. The van der Waals surface area contributed by atoms with Crippen LogP contribution in [0.4, 0.5) is 5.13 Å². The Kier molecular flexibility index (Phi) is 8.81. The summed E-state index contributed by atoms with van der Waals surface area (Å²) in [5, 5.41) is 0.980. The van der Waals surface area contributed by atoms with Crippen molar-refractivity contribution in [2.45, 2.75) is 18.7 Å². The Morgan fingerprint density at radius 3 is 2.16 bits per heavy atom. The van der Waals surface area contributed by atoms with Gasteiger partial charge < -0.3 is 19.3 Å². The quantitative estimate of drug-likeness (QED) is 0.386. The Bertz CT molecular complexity index is 1290. The molecular formula is C26H34N4O5S2. The summed E-state index contributed by atoms with van der Waals surface area (Å²) in [5.41, 5.74) is 3.98. The maximum Gasteiger partial charge on any atom is 0.253 e. The van der Waals surface area contributed by atoms with Crippen LogP contribution in [0.3, 0.4) is 0 Å². The van der Waals surface area contributed by atoms with Gasteiger partial charge in [0.2, 0.25) is 10.0 Å². The summed E-state index contributed by atoms with van der Waals surface area (Å²) in [6.07, 6.45) is 0. The zero-order chi connectivity index (χ0) is 26.6. The molecule has 0 saturated carbocycles. The van der Waals surface area contributed by atoms with Crippen LogP contribution in [-0.2, 0) is 19.5 Å². The molecule has 1 amide bonds. The first-order chi connectivity index (χ1) is 17.7. The molecule has 0 unspecified atom stereocenters. The van der Waals surface area contributed by atoms with Crippen LogP contribution in [0, 0.1) is 13.8 Å². The summed E-state index contributed by atoms with van der Waals surface area (Å²) in [6, 6.07) is 10.5. The average molecular weight is 547 g/mol. The molecule has 0 spiro atoms. The molecule has 1 aromatic heterocycles. The van der Waals surface area contributed by atoms with Gasteiger partial charge in [-0.3, -0.25) is 4.79 Å². The standard InChI is InChI=1S/C26H34N4O5S2/c1-19-17-23-24(18-20(19)2)36-26(27-23)29-11-9-28(10-12-29)25(31)21-5-7-22(8-6-21)37(32,33)30(13-15-34-3)14-16-35-4/h5-8,17-18H,9-16H2,1-4H3. The van der Waals surface area contributed by atoms with Crippen molar-refractivity contribution in [1.29, 1.82) is 0 Å². The monoisotopic (exact) mass is 546 g/mol. The van der Waals surface area contributed by atoms with Crippen LogP contribution in [-0.4, -0.2) is 95.2 Å². The third-order valence-electron chi connectivity index (χ3n) is 6.66. The number of benzene rings is 2. The number of anilines is 1. The van der Waals surface area contributed by atoms with Crippen LogP contribution >= 0.6 is 11.3 Å². The number of methoxy groups -OCH3 is 2. The van der Waals surface area contributed by atoms with Gasteiger partial charge in [0, 0.05) is 59.1 Å². The molecule has 0 radical (unpaired) electrons. The van der Waals surface area contributed by atoms with E-state index >= 15 is 0 Å². The number of aromatic nitrogens is 1. The first-order valence-corrected chi connectivity index (χ1v) is 14.5. The lowest BCUT2D eigenvalue weighted by Gasteiger charge is -2.34. The van der Waals surface area contributed by atoms with E-state index < -0.39 is 10.0 Å². The van der Waals surface area contributed by atoms with Crippen LogP contribution < -0.4 is 4.90 Å². The molecule has 0 atom stereocenters. The minimum atomic E-state index is -3.73. The number of thiazole rings is 1. The Morgan fingerprint density at radius 1 is 0.973 bits per heavy atom. The molecule has 1 aliphatic rings. The van der Waals surface area contributed by atoms with Crippen molar-refractivity contribution in [1.82, 2.24) is 14.2 Å². The van der Waals surface area contributed by atoms with Gasteiger partial charge in [0.1, 0.15) is 0 Å². The number of amides is 1. The molecule has 1 saturated heterocycles. The Morgan fingerprint density at radius 2 is 1.57 bits per heavy atom. The third-order valence-corrected chi connectivity index (χ3v) is 9.65. The average Bonchev–Trinajstić information content (AvgIpc) is 3.31. The van der Waals surface area contributed by atoms with Gasteiger partial charge in [-0.25, -0.2) is 13.4 Å². The number of hydrogen-bond acceptors (Lipinski definition) is 8. The molecule has 11 heteroatoms. The van der Waals surface area contributed by atoms with E-state index in [0.29, 0.717) is 31.7 Å². The second kappa shape index (κ2) is 11.9. The van der Waals surface area contributed by atoms with Crippen LogP contribution in [0.2, 0.25) is 0 Å². The van der Waals surface area contributed by atoms with Gasteiger partial charge in [0.25, 0.3) is 5.91 Å². The lowest BCUT2D eigenvalue weighted by molar-refractivity contribution is 0.0746. The van der Waals surface area contributed by atoms with E-state index in [-0.39, 0.29) is 37.1 Å². The van der Waals surface area contributed by atoms with Crippen molar-refractivity contribution >= 4 is 42.6 Å². The van der Waals surface area contributed by atoms with Crippen molar-refractivity contribution in [2.24, 2.45) is 0 Å². The molecule has 0 bridgehead atoms. The molecule has 3 aromatic rings. The van der Waals surface area contributed by atoms with Gasteiger partial charge in [-0.05, 0) is 61.4 Å². The van der Waals surface area contributed by atoms with E-state index in [1.807, 2.05) is 4.90 Å². The maximum absolute atomic E-state index is 13.1. The molecule has 0 aliphatic carbocycles. The fraction of sp³-hybridized carbons (Fsp3) is 0.462. The Balaban J connectivity index is 1.40. The number of nitrogens with zero attached hydrogens (tertiary/aromatic N) is 4. The van der Waals surface area contributed by atoms with Gasteiger partial charge in [-0.15, -0.1) is 0 Å². The SMILES string of the molecule is COCCN(CCOC)S(=O)(=O)c1ccc(C(=O)N2CCN(c3nc4cc(C)c(C)cc4s3)CC2)cc1. The molecule has 37 heavy (non-hydrogen) atoms. The highest BCUT2D eigenvalue weighted by atomic mass is 32.2. The van der Waals surface area contributed by atoms with E-state index in [4.69, 9.17) is 14.5 Å². The normalized spacial score (nSPS) is 14.6. The molecule has 1 aliphatic heterocycles. The summed E-state index contributed by atoms with van der Waals surface area (Å²) < 4.78 is 38.8. The Labute approximate surface area is 222 Å². The molecule has 4 rings (SSSR count). The third kappa shape index (κ3) is 6.12. The second-order valence-electron chi connectivity index (χ2n) is 9.09. The molecule has 2 heterocycles. The maximum atomic E-state index is 13.1. The first kappa shape index (κ1) is 27.5. The summed E-state index contributed by atoms with van der Waals surface area (Å²) in [5.74, 6) is -0.102. The molecule has 9 nitrogen and oxygen atoms in total. The van der Waals surface area contributed by atoms with E-state index in [0.717, 1.165) is 10.6 Å². The number of rotatable bonds is 10. The molecular weight excluding hydrogens is 512 g/mol. The van der Waals surface area contributed by atoms with E-state index in [2.05, 4.69) is 30.9 Å². The number of carbonyl (C=O) groups excluding carboxylic acids is 1. The van der Waals surface area contributed by atoms with Crippen molar-refractivity contribution in [3.63, 3.8) is 0 Å². The molecule has 200 valence electrons. The van der Waals surface area contributed by atoms with Gasteiger partial charge in [0.05, 0.1) is 28.3 Å². The largest absolute Gasteiger partial charge is 0.383 e. The predicted octanol–water partition coefficient (Wildman–Crippen LogP) is 3.16. The highest BCUT2D eigenvalue weighted by Gasteiger charge is 2.27. The van der Waals surface area contributed by atoms with Crippen LogP contribution in [0.25, 0.3) is 10.2 Å². The number of piperazine rings is 1. The lowest BCUT2D eigenvalue weighted by Crippen LogP contribution is -2.48. The smallest absolute Gasteiger partial charge is 0.253 e. The second-order valence-corrected chi connectivity index (χ2v) is 12.0. The van der Waals surface area contributed by atoms with E-state index in [1.165, 1.54) is 46.5 Å². The summed E-state index contributed by atoms with van der Waals surface area (Å²) >= 11 is 1.68. The minimum absolute atomic E-state index is 0.102. The number of hydrogen-bond donors (Lipinski definition) is 0. The lowest BCUT2D eigenvalue weighted by atomic mass is 10.1. The molecule has 0 N–H and O–H groups in total. The summed E-state index contributed by atoms with van der Waals surface area (Å²) in [6.45, 7) is 7.77. The van der Waals surface area contributed by atoms with E-state index in [9.17, 15) is 13.2 Å².